The maximum absolute atomic E-state index is 15.7. The first-order valence-electron chi connectivity index (χ1n) is 16.5. The van der Waals surface area contributed by atoms with Crippen molar-refractivity contribution in [3.63, 3.8) is 0 Å². The minimum atomic E-state index is -0.985. The van der Waals surface area contributed by atoms with Gasteiger partial charge < -0.3 is 30.3 Å². The van der Waals surface area contributed by atoms with Crippen LogP contribution in [-0.2, 0) is 16.0 Å². The van der Waals surface area contributed by atoms with Gasteiger partial charge in [-0.25, -0.2) is 4.39 Å². The van der Waals surface area contributed by atoms with Gasteiger partial charge in [0.2, 0.25) is 11.8 Å². The zero-order valence-electron chi connectivity index (χ0n) is 27.7. The molecule has 48 heavy (non-hydrogen) atoms. The molecule has 3 heterocycles. The maximum atomic E-state index is 15.7. The molecule has 15 heteroatoms. The molecule has 2 aromatic heterocycles. The summed E-state index contributed by atoms with van der Waals surface area (Å²) in [6.07, 6.45) is 6.41. The van der Waals surface area contributed by atoms with Crippen molar-refractivity contribution in [2.45, 2.75) is 70.9 Å². The van der Waals surface area contributed by atoms with E-state index >= 15 is 4.39 Å². The first-order valence-corrected chi connectivity index (χ1v) is 17.2. The molecular formula is C33H43FN8O5S. The van der Waals surface area contributed by atoms with Crippen LogP contribution in [-0.4, -0.2) is 93.5 Å². The lowest BCUT2D eigenvalue weighted by atomic mass is 9.79. The van der Waals surface area contributed by atoms with Crippen LogP contribution in [0.1, 0.15) is 83.7 Å². The van der Waals surface area contributed by atoms with E-state index in [4.69, 9.17) is 4.52 Å². The van der Waals surface area contributed by atoms with Crippen molar-refractivity contribution in [1.29, 1.82) is 0 Å². The smallest absolute Gasteiger partial charge is 0.265 e. The first-order chi connectivity index (χ1) is 23.0. The highest BCUT2D eigenvalue weighted by atomic mass is 32.1. The van der Waals surface area contributed by atoms with Crippen LogP contribution < -0.4 is 16.0 Å². The van der Waals surface area contributed by atoms with Gasteiger partial charge in [0.25, 0.3) is 11.8 Å². The van der Waals surface area contributed by atoms with Crippen LogP contribution in [0.2, 0.25) is 0 Å². The molecule has 1 saturated heterocycles. The monoisotopic (exact) mass is 682 g/mol. The number of nitrogens with one attached hydrogen (secondary N) is 3. The second-order valence-electron chi connectivity index (χ2n) is 12.9. The molecule has 1 aliphatic carbocycles. The molecule has 0 unspecified atom stereocenters. The van der Waals surface area contributed by atoms with Gasteiger partial charge in [0.05, 0.1) is 17.6 Å². The number of halogens is 1. The van der Waals surface area contributed by atoms with Crippen molar-refractivity contribution >= 4 is 40.8 Å². The summed E-state index contributed by atoms with van der Waals surface area (Å²) < 4.78 is 24.5. The van der Waals surface area contributed by atoms with E-state index in [1.54, 1.807) is 17.9 Å². The van der Waals surface area contributed by atoms with Gasteiger partial charge in [0.1, 0.15) is 34.6 Å². The number of aromatic nitrogens is 3. The maximum Gasteiger partial charge on any atom is 0.265 e. The Labute approximate surface area is 283 Å². The molecule has 258 valence electrons. The van der Waals surface area contributed by atoms with Crippen LogP contribution in [0.3, 0.4) is 0 Å². The Morgan fingerprint density at radius 1 is 1.06 bits per heavy atom. The van der Waals surface area contributed by atoms with Crippen LogP contribution in [0, 0.1) is 17.7 Å². The summed E-state index contributed by atoms with van der Waals surface area (Å²) in [6, 6.07) is 2.47. The Morgan fingerprint density at radius 2 is 1.79 bits per heavy atom. The summed E-state index contributed by atoms with van der Waals surface area (Å²) >= 11 is 0.916. The average Bonchev–Trinajstić information content (AvgIpc) is 3.80. The molecule has 5 rings (SSSR count). The molecule has 0 radical (unpaired) electrons. The number of aryl methyl sites for hydroxylation is 1. The fourth-order valence-corrected chi connectivity index (χ4v) is 6.78. The van der Waals surface area contributed by atoms with E-state index in [1.807, 2.05) is 14.0 Å². The minimum Gasteiger partial charge on any atom is -0.364 e. The number of hydrogen-bond donors (Lipinski definition) is 3. The van der Waals surface area contributed by atoms with E-state index in [9.17, 15) is 19.2 Å². The molecule has 1 saturated carbocycles. The van der Waals surface area contributed by atoms with Gasteiger partial charge in [0, 0.05) is 32.1 Å². The van der Waals surface area contributed by atoms with E-state index in [0.29, 0.717) is 49.8 Å². The number of carbonyl (C=O) groups excluding carboxylic acids is 4. The average molecular weight is 683 g/mol. The Hall–Kier alpha value is -4.24. The molecule has 3 aromatic rings. The largest absolute Gasteiger partial charge is 0.364 e. The van der Waals surface area contributed by atoms with Crippen LogP contribution in [0.25, 0.3) is 0 Å². The van der Waals surface area contributed by atoms with Crippen LogP contribution >= 0.6 is 11.5 Å². The summed E-state index contributed by atoms with van der Waals surface area (Å²) in [6.45, 7) is 8.17. The normalized spacial score (nSPS) is 20.4. The van der Waals surface area contributed by atoms with Crippen molar-refractivity contribution < 1.29 is 28.1 Å². The number of nitrogens with zero attached hydrogens (tertiary/aromatic N) is 5. The predicted molar refractivity (Wildman–Crippen MR) is 177 cm³/mol. The van der Waals surface area contributed by atoms with Gasteiger partial charge in [-0.1, -0.05) is 49.3 Å². The second kappa shape index (κ2) is 15.8. The molecule has 2 aliphatic rings. The molecule has 0 bridgehead atoms. The van der Waals surface area contributed by atoms with E-state index < -0.39 is 41.5 Å². The molecule has 0 spiro atoms. The summed E-state index contributed by atoms with van der Waals surface area (Å²) in [5, 5.41) is 16.0. The van der Waals surface area contributed by atoms with Gasteiger partial charge in [-0.15, -0.1) is 5.10 Å². The molecule has 3 atom stereocenters. The molecule has 3 N–H and O–H groups in total. The lowest BCUT2D eigenvalue weighted by molar-refractivity contribution is -0.135. The zero-order valence-corrected chi connectivity index (χ0v) is 28.5. The van der Waals surface area contributed by atoms with E-state index in [1.165, 1.54) is 24.6 Å². The highest BCUT2D eigenvalue weighted by Gasteiger charge is 2.36. The number of likely N-dealkylation sites (N-methyl/N-ethyl adjacent to an activating group) is 1. The standard InChI is InChI=1S/C33H43FN8O5S/c1-5-25-23(18-47-39-25)30(43)38-29(21-8-6-19(2)7-9-21)32(45)36-26-11-10-22(16-24(26)34)20(3)28(37-31(44)27-17-35-40-48-27)33(46)42-14-12-41(4)13-15-42/h10-11,16-21,28-29H,5-9,12-15H2,1-4H3,(H,36,45)(H,37,44)(H,38,43)/t19?,20-,21?,28+,29-/m0/s1. The van der Waals surface area contributed by atoms with Gasteiger partial charge in [-0.3, -0.25) is 19.2 Å². The highest BCUT2D eigenvalue weighted by Crippen LogP contribution is 2.32. The van der Waals surface area contributed by atoms with Gasteiger partial charge in [-0.05, 0) is 67.4 Å². The second-order valence-corrected chi connectivity index (χ2v) is 13.7. The van der Waals surface area contributed by atoms with Gasteiger partial charge in [0.15, 0.2) is 0 Å². The fraction of sp³-hybridized carbons (Fsp3) is 0.545. The number of anilines is 1. The van der Waals surface area contributed by atoms with Crippen molar-refractivity contribution in [2.75, 3.05) is 38.5 Å². The molecule has 2 fully saturated rings. The third kappa shape index (κ3) is 8.24. The fourth-order valence-electron chi connectivity index (χ4n) is 6.36. The number of benzene rings is 1. The highest BCUT2D eigenvalue weighted by molar-refractivity contribution is 7.07. The molecular weight excluding hydrogens is 639 g/mol. The number of amides is 4. The quantitative estimate of drug-likeness (QED) is 0.275. The Balaban J connectivity index is 1.34. The third-order valence-corrected chi connectivity index (χ3v) is 10.2. The zero-order chi connectivity index (χ0) is 34.4. The number of carbonyl (C=O) groups is 4. The van der Waals surface area contributed by atoms with E-state index in [2.05, 4.69) is 42.5 Å². The van der Waals surface area contributed by atoms with Crippen molar-refractivity contribution in [3.8, 4) is 0 Å². The minimum absolute atomic E-state index is 0.0553. The van der Waals surface area contributed by atoms with Crippen LogP contribution in [0.4, 0.5) is 10.1 Å². The summed E-state index contributed by atoms with van der Waals surface area (Å²) in [4.78, 5) is 57.8. The van der Waals surface area contributed by atoms with Crippen LogP contribution in [0.15, 0.2) is 35.2 Å². The predicted octanol–water partition coefficient (Wildman–Crippen LogP) is 3.47. The topological polar surface area (TPSA) is 163 Å². The summed E-state index contributed by atoms with van der Waals surface area (Å²) in [5.74, 6) is -2.67. The molecule has 1 aliphatic heterocycles. The number of hydrogen-bond acceptors (Lipinski definition) is 10. The van der Waals surface area contributed by atoms with Crippen molar-refractivity contribution in [2.24, 2.45) is 11.8 Å². The van der Waals surface area contributed by atoms with E-state index in [0.717, 1.165) is 37.2 Å². The molecule has 1 aromatic carbocycles. The Bertz CT molecular complexity index is 1580. The van der Waals surface area contributed by atoms with Crippen molar-refractivity contribution in [1.82, 2.24) is 35.2 Å². The lowest BCUT2D eigenvalue weighted by Gasteiger charge is -2.36. The van der Waals surface area contributed by atoms with Gasteiger partial charge in [-0.2, -0.15) is 0 Å². The lowest BCUT2D eigenvalue weighted by Crippen LogP contribution is -2.55. The summed E-state index contributed by atoms with van der Waals surface area (Å²) in [7, 11) is 1.98. The Morgan fingerprint density at radius 3 is 2.44 bits per heavy atom. The molecule has 13 nitrogen and oxygen atoms in total. The summed E-state index contributed by atoms with van der Waals surface area (Å²) in [5.41, 5.74) is 1.17. The molecule has 4 amide bonds. The number of rotatable bonds is 11. The third-order valence-electron chi connectivity index (χ3n) is 9.55. The van der Waals surface area contributed by atoms with Crippen molar-refractivity contribution in [3.05, 3.63) is 58.2 Å². The Kier molecular flexibility index (Phi) is 11.5. The van der Waals surface area contributed by atoms with E-state index in [-0.39, 0.29) is 28.0 Å². The SMILES string of the molecule is CCc1nocc1C(=O)N[C@H](C(=O)Nc1ccc([C@H](C)[C@@H](NC(=O)c2cnns2)C(=O)N2CCN(C)CC2)cc1F)C1CCC(C)CC1. The number of piperazine rings is 1. The first kappa shape index (κ1) is 35.1. The van der Waals surface area contributed by atoms with Gasteiger partial charge >= 0.3 is 0 Å². The van der Waals surface area contributed by atoms with Crippen LogP contribution in [0.5, 0.6) is 0 Å².